The Morgan fingerprint density at radius 3 is 2.12 bits per heavy atom. The van der Waals surface area contributed by atoms with Gasteiger partial charge in [0, 0.05) is 16.7 Å². The summed E-state index contributed by atoms with van der Waals surface area (Å²) in [6.07, 6.45) is 0. The Morgan fingerprint density at radius 2 is 1.53 bits per heavy atom. The molecule has 0 aromatic heterocycles. The van der Waals surface area contributed by atoms with Gasteiger partial charge in [-0.25, -0.2) is 0 Å². The standard InChI is InChI=1S/C15H14BrN/c1-12(16)11-17-15-9-7-14(8-10-15)13-5-3-2-4-6-13/h2-10,17H,1,11H2. The number of benzene rings is 2. The van der Waals surface area contributed by atoms with E-state index >= 15 is 0 Å². The average molecular weight is 288 g/mol. The monoisotopic (exact) mass is 287 g/mol. The van der Waals surface area contributed by atoms with Gasteiger partial charge >= 0.3 is 0 Å². The SMILES string of the molecule is C=C(Br)CNc1ccc(-c2ccccc2)cc1. The first-order chi connectivity index (χ1) is 8.25. The van der Waals surface area contributed by atoms with Crippen molar-refractivity contribution in [3.05, 3.63) is 65.7 Å². The van der Waals surface area contributed by atoms with Crippen LogP contribution in [0.2, 0.25) is 0 Å². The normalized spacial score (nSPS) is 9.94. The van der Waals surface area contributed by atoms with Gasteiger partial charge in [0.25, 0.3) is 0 Å². The molecular weight excluding hydrogens is 274 g/mol. The zero-order chi connectivity index (χ0) is 12.1. The van der Waals surface area contributed by atoms with Crippen molar-refractivity contribution in [2.45, 2.75) is 0 Å². The molecule has 0 saturated carbocycles. The maximum atomic E-state index is 3.79. The molecule has 1 nitrogen and oxygen atoms in total. The fourth-order valence-corrected chi connectivity index (χ4v) is 1.75. The van der Waals surface area contributed by atoms with E-state index in [-0.39, 0.29) is 0 Å². The van der Waals surface area contributed by atoms with E-state index < -0.39 is 0 Å². The van der Waals surface area contributed by atoms with Crippen molar-refractivity contribution >= 4 is 21.6 Å². The first-order valence-electron chi connectivity index (χ1n) is 5.48. The Balaban J connectivity index is 2.11. The maximum absolute atomic E-state index is 3.79. The van der Waals surface area contributed by atoms with Crippen LogP contribution in [0, 0.1) is 0 Å². The van der Waals surface area contributed by atoms with Gasteiger partial charge in [-0.3, -0.25) is 0 Å². The number of hydrogen-bond donors (Lipinski definition) is 1. The van der Waals surface area contributed by atoms with Crippen molar-refractivity contribution in [1.29, 1.82) is 0 Å². The molecule has 0 aliphatic carbocycles. The number of halogens is 1. The Morgan fingerprint density at radius 1 is 0.941 bits per heavy atom. The summed E-state index contributed by atoms with van der Waals surface area (Å²) in [6.45, 7) is 4.53. The highest BCUT2D eigenvalue weighted by atomic mass is 79.9. The van der Waals surface area contributed by atoms with Crippen LogP contribution in [0.25, 0.3) is 11.1 Å². The van der Waals surface area contributed by atoms with E-state index in [4.69, 9.17) is 0 Å². The van der Waals surface area contributed by atoms with E-state index in [2.05, 4.69) is 76.4 Å². The van der Waals surface area contributed by atoms with Gasteiger partial charge < -0.3 is 5.32 Å². The van der Waals surface area contributed by atoms with E-state index in [1.807, 2.05) is 6.07 Å². The second kappa shape index (κ2) is 5.69. The van der Waals surface area contributed by atoms with Gasteiger partial charge in [0.15, 0.2) is 0 Å². The molecule has 1 N–H and O–H groups in total. The maximum Gasteiger partial charge on any atom is 0.0460 e. The van der Waals surface area contributed by atoms with Gasteiger partial charge in [0.1, 0.15) is 0 Å². The number of nitrogens with one attached hydrogen (secondary N) is 1. The molecule has 86 valence electrons. The van der Waals surface area contributed by atoms with Crippen LogP contribution in [0.15, 0.2) is 65.7 Å². The summed E-state index contributed by atoms with van der Waals surface area (Å²) in [7, 11) is 0. The Hall–Kier alpha value is -1.54. The Kier molecular flexibility index (Phi) is 3.99. The van der Waals surface area contributed by atoms with Gasteiger partial charge in [0.2, 0.25) is 0 Å². The van der Waals surface area contributed by atoms with Crippen molar-refractivity contribution in [2.24, 2.45) is 0 Å². The molecule has 0 fully saturated rings. The topological polar surface area (TPSA) is 12.0 Å². The highest BCUT2D eigenvalue weighted by Gasteiger charge is 1.97. The molecule has 0 atom stereocenters. The van der Waals surface area contributed by atoms with Crippen molar-refractivity contribution in [2.75, 3.05) is 11.9 Å². The van der Waals surface area contributed by atoms with Crippen LogP contribution in [0.5, 0.6) is 0 Å². The minimum Gasteiger partial charge on any atom is -0.380 e. The molecule has 0 aliphatic heterocycles. The van der Waals surface area contributed by atoms with Gasteiger partial charge in [-0.15, -0.1) is 0 Å². The van der Waals surface area contributed by atoms with Crippen LogP contribution < -0.4 is 5.32 Å². The number of hydrogen-bond acceptors (Lipinski definition) is 1. The van der Waals surface area contributed by atoms with Crippen LogP contribution in [0.4, 0.5) is 5.69 Å². The molecule has 0 aliphatic rings. The lowest BCUT2D eigenvalue weighted by atomic mass is 10.1. The highest BCUT2D eigenvalue weighted by molar-refractivity contribution is 9.11. The summed E-state index contributed by atoms with van der Waals surface area (Å²) in [5.41, 5.74) is 3.57. The van der Waals surface area contributed by atoms with Crippen LogP contribution in [0.3, 0.4) is 0 Å². The highest BCUT2D eigenvalue weighted by Crippen LogP contribution is 2.21. The molecule has 0 spiro atoms. The molecule has 0 bridgehead atoms. The summed E-state index contributed by atoms with van der Waals surface area (Å²) in [4.78, 5) is 0. The Bertz CT molecular complexity index is 488. The largest absolute Gasteiger partial charge is 0.380 e. The quantitative estimate of drug-likeness (QED) is 0.861. The average Bonchev–Trinajstić information content (AvgIpc) is 2.38. The number of anilines is 1. The van der Waals surface area contributed by atoms with E-state index in [1.54, 1.807) is 0 Å². The number of rotatable bonds is 4. The zero-order valence-electron chi connectivity index (χ0n) is 9.49. The zero-order valence-corrected chi connectivity index (χ0v) is 11.1. The summed E-state index contributed by atoms with van der Waals surface area (Å²) in [5.74, 6) is 0. The predicted octanol–water partition coefficient (Wildman–Crippen LogP) is 4.67. The van der Waals surface area contributed by atoms with E-state index in [0.717, 1.165) is 16.7 Å². The Labute approximate surface area is 110 Å². The molecule has 0 heterocycles. The lowest BCUT2D eigenvalue weighted by Crippen LogP contribution is -1.99. The minimum absolute atomic E-state index is 0.741. The second-order valence-electron chi connectivity index (χ2n) is 3.81. The molecule has 0 saturated heterocycles. The van der Waals surface area contributed by atoms with Crippen LogP contribution in [0.1, 0.15) is 0 Å². The third-order valence-electron chi connectivity index (χ3n) is 2.48. The second-order valence-corrected chi connectivity index (χ2v) is 4.94. The third kappa shape index (κ3) is 3.46. The molecule has 2 rings (SSSR count). The van der Waals surface area contributed by atoms with Crippen molar-refractivity contribution < 1.29 is 0 Å². The molecule has 2 heteroatoms. The van der Waals surface area contributed by atoms with Crippen molar-refractivity contribution in [3.8, 4) is 11.1 Å². The van der Waals surface area contributed by atoms with Gasteiger partial charge in [0.05, 0.1) is 0 Å². The molecule has 0 unspecified atom stereocenters. The van der Waals surface area contributed by atoms with E-state index in [9.17, 15) is 0 Å². The van der Waals surface area contributed by atoms with Gasteiger partial charge in [-0.2, -0.15) is 0 Å². The van der Waals surface area contributed by atoms with Gasteiger partial charge in [-0.1, -0.05) is 65.0 Å². The van der Waals surface area contributed by atoms with Crippen molar-refractivity contribution in [1.82, 2.24) is 0 Å². The van der Waals surface area contributed by atoms with Gasteiger partial charge in [-0.05, 0) is 23.3 Å². The fraction of sp³-hybridized carbons (Fsp3) is 0.0667. The summed E-state index contributed by atoms with van der Waals surface area (Å²) >= 11 is 3.33. The lowest BCUT2D eigenvalue weighted by molar-refractivity contribution is 1.33. The van der Waals surface area contributed by atoms with E-state index in [0.29, 0.717) is 0 Å². The van der Waals surface area contributed by atoms with E-state index in [1.165, 1.54) is 11.1 Å². The first-order valence-corrected chi connectivity index (χ1v) is 6.27. The smallest absolute Gasteiger partial charge is 0.0460 e. The van der Waals surface area contributed by atoms with Crippen LogP contribution in [-0.2, 0) is 0 Å². The molecule has 2 aromatic rings. The molecular formula is C15H14BrN. The lowest BCUT2D eigenvalue weighted by Gasteiger charge is -2.06. The predicted molar refractivity (Wildman–Crippen MR) is 78.4 cm³/mol. The summed E-state index contributed by atoms with van der Waals surface area (Å²) in [5, 5.41) is 3.28. The fourth-order valence-electron chi connectivity index (χ4n) is 1.61. The van der Waals surface area contributed by atoms with Crippen molar-refractivity contribution in [3.63, 3.8) is 0 Å². The summed E-state index contributed by atoms with van der Waals surface area (Å²) in [6, 6.07) is 18.8. The molecule has 0 amide bonds. The molecule has 2 aromatic carbocycles. The summed E-state index contributed by atoms with van der Waals surface area (Å²) < 4.78 is 0.949. The van der Waals surface area contributed by atoms with Crippen LogP contribution in [-0.4, -0.2) is 6.54 Å². The first kappa shape index (κ1) is 11.9. The molecule has 0 radical (unpaired) electrons. The minimum atomic E-state index is 0.741. The molecule has 17 heavy (non-hydrogen) atoms. The third-order valence-corrected chi connectivity index (χ3v) is 2.76. The van der Waals surface area contributed by atoms with Crippen LogP contribution >= 0.6 is 15.9 Å².